The lowest BCUT2D eigenvalue weighted by Gasteiger charge is -2.27. The maximum absolute atomic E-state index is 4.56. The summed E-state index contributed by atoms with van der Waals surface area (Å²) in [4.78, 5) is 0. The van der Waals surface area contributed by atoms with Gasteiger partial charge in [0.2, 0.25) is 0 Å². The lowest BCUT2D eigenvalue weighted by molar-refractivity contribution is 0.330. The molecule has 2 fully saturated rings. The van der Waals surface area contributed by atoms with Crippen molar-refractivity contribution in [2.75, 3.05) is 6.54 Å². The topological polar surface area (TPSA) is 24.1 Å². The van der Waals surface area contributed by atoms with Gasteiger partial charge in [0.1, 0.15) is 0 Å². The summed E-state index contributed by atoms with van der Waals surface area (Å²) in [5, 5.41) is 9.73. The van der Waals surface area contributed by atoms with Crippen molar-refractivity contribution in [1.29, 1.82) is 0 Å². The van der Waals surface area contributed by atoms with E-state index in [2.05, 4.69) is 157 Å². The highest BCUT2D eigenvalue weighted by Gasteiger charge is 2.32. The van der Waals surface area contributed by atoms with Crippen LogP contribution in [0.15, 0.2) is 99.9 Å². The van der Waals surface area contributed by atoms with Crippen molar-refractivity contribution in [2.45, 2.75) is 282 Å². The van der Waals surface area contributed by atoms with Gasteiger partial charge < -0.3 is 10.6 Å². The number of unbranched alkanes of at least 4 members (excludes halogenated alkanes) is 13. The third-order valence-corrected chi connectivity index (χ3v) is 17.9. The van der Waals surface area contributed by atoms with Gasteiger partial charge >= 0.3 is 0 Å². The van der Waals surface area contributed by atoms with E-state index in [0.29, 0.717) is 11.5 Å². The molecule has 2 aromatic carbocycles. The highest BCUT2D eigenvalue weighted by atomic mass is 14.9. The van der Waals surface area contributed by atoms with Gasteiger partial charge in [-0.15, -0.1) is 6.58 Å². The molecule has 0 spiro atoms. The number of nitrogens with one attached hydrogen (secondary N) is 2. The van der Waals surface area contributed by atoms with Gasteiger partial charge in [-0.25, -0.2) is 0 Å². The molecule has 0 heterocycles. The Balaban J connectivity index is 0.000000729. The first kappa shape index (κ1) is 72.2. The minimum absolute atomic E-state index is 0.331. The first-order valence-electron chi connectivity index (χ1n) is 32.7. The average molecular weight is 1070 g/mol. The van der Waals surface area contributed by atoms with Crippen LogP contribution in [0.1, 0.15) is 298 Å². The Morgan fingerprint density at radius 1 is 0.590 bits per heavy atom. The Labute approximate surface area is 487 Å². The van der Waals surface area contributed by atoms with Crippen molar-refractivity contribution < 1.29 is 0 Å². The average Bonchev–Trinajstić information content (AvgIpc) is 3.93. The predicted octanol–water partition coefficient (Wildman–Crippen LogP) is 24.8. The van der Waals surface area contributed by atoms with Gasteiger partial charge in [0, 0.05) is 24.0 Å². The highest BCUT2D eigenvalue weighted by Crippen LogP contribution is 2.46. The molecule has 0 saturated heterocycles. The first-order chi connectivity index (χ1) is 37.3. The van der Waals surface area contributed by atoms with Crippen molar-refractivity contribution in [2.24, 2.45) is 35.0 Å². The lowest BCUT2D eigenvalue weighted by atomic mass is 9.78. The Hall–Kier alpha value is -3.78. The minimum atomic E-state index is 0.331. The molecule has 442 valence electrons. The molecule has 2 heteroatoms. The third kappa shape index (κ3) is 26.2. The van der Waals surface area contributed by atoms with Crippen LogP contribution in [-0.4, -0.2) is 12.6 Å². The predicted molar refractivity (Wildman–Crippen MR) is 360 cm³/mol. The Bertz CT molecular complexity index is 2060. The van der Waals surface area contributed by atoms with Crippen LogP contribution in [0.4, 0.5) is 0 Å². The molecule has 2 aromatic rings. The van der Waals surface area contributed by atoms with Crippen molar-refractivity contribution in [1.82, 2.24) is 10.6 Å². The van der Waals surface area contributed by atoms with E-state index >= 15 is 0 Å². The minimum Gasteiger partial charge on any atom is -0.389 e. The Kier molecular flexibility index (Phi) is 38.2. The summed E-state index contributed by atoms with van der Waals surface area (Å²) >= 11 is 0. The molecule has 0 bridgehead atoms. The van der Waals surface area contributed by atoms with Crippen LogP contribution in [-0.2, 0) is 0 Å². The molecule has 78 heavy (non-hydrogen) atoms. The second kappa shape index (κ2) is 41.2. The molecule has 0 aliphatic heterocycles. The van der Waals surface area contributed by atoms with Crippen LogP contribution in [0.25, 0.3) is 33.1 Å². The fourth-order valence-corrected chi connectivity index (χ4v) is 12.4. The van der Waals surface area contributed by atoms with Gasteiger partial charge in [0.15, 0.2) is 0 Å². The number of benzene rings is 2. The van der Waals surface area contributed by atoms with Crippen LogP contribution < -0.4 is 10.6 Å². The molecule has 3 aliphatic rings. The number of hydrogen-bond donors (Lipinski definition) is 2. The molecular weight excluding hydrogens is 941 g/mol. The van der Waals surface area contributed by atoms with Gasteiger partial charge in [-0.1, -0.05) is 266 Å². The fourth-order valence-electron chi connectivity index (χ4n) is 12.4. The monoisotopic (exact) mass is 1070 g/mol. The zero-order valence-corrected chi connectivity index (χ0v) is 54.2. The van der Waals surface area contributed by atoms with Gasteiger partial charge in [-0.05, 0) is 183 Å². The molecule has 6 unspecified atom stereocenters. The van der Waals surface area contributed by atoms with Crippen molar-refractivity contribution in [3.63, 3.8) is 0 Å². The smallest absolute Gasteiger partial charge is 0.0286 e. The first-order valence-corrected chi connectivity index (χ1v) is 32.7. The molecule has 5 rings (SSSR count). The summed E-state index contributed by atoms with van der Waals surface area (Å²) < 4.78 is 0. The number of hydrogen-bond acceptors (Lipinski definition) is 2. The summed E-state index contributed by atoms with van der Waals surface area (Å²) in [6, 6.07) is 9.63. The summed E-state index contributed by atoms with van der Waals surface area (Å²) in [6.07, 6.45) is 39.6. The quantitative estimate of drug-likeness (QED) is 0.0550. The summed E-state index contributed by atoms with van der Waals surface area (Å²) in [7, 11) is 0. The van der Waals surface area contributed by atoms with E-state index in [0.717, 1.165) is 77.8 Å². The van der Waals surface area contributed by atoms with Crippen molar-refractivity contribution in [3.05, 3.63) is 122 Å². The highest BCUT2D eigenvalue weighted by molar-refractivity contribution is 6.12. The molecule has 0 radical (unpaired) electrons. The zero-order valence-electron chi connectivity index (χ0n) is 54.2. The van der Waals surface area contributed by atoms with Gasteiger partial charge in [0.05, 0.1) is 0 Å². The van der Waals surface area contributed by atoms with E-state index < -0.39 is 0 Å². The standard InChI is InChI=1S/C42H59N.C23H43N.C6H14.C3H6.C2H6/c1-29(2)37-23-24-39-32(5)28-33(6)40-26-25-38(41(37)42(39)40)31(4)18-14-11-9-10-12-17-27-43-34(7)19-15-13-16-20-36-22-21-30(3)35(36)8;1-8-9-17-23(6,7)19(4)13-11-10-12-14-21-15-16-22(20(21)5)24-18(2)3;1-3-5-6-4-2;1-3-2;1-2/h23-26,30,35-36,43H,1,4-7,9-22,27-28H2,2-3,8H3;20-22,24H,2,4,8-17H2,1,3,5-7H3;3-6H2,1-2H3;3H,1H2,2H3;1-2H3. The van der Waals surface area contributed by atoms with Gasteiger partial charge in [-0.3, -0.25) is 0 Å². The van der Waals surface area contributed by atoms with Gasteiger partial charge in [-0.2, -0.15) is 0 Å². The van der Waals surface area contributed by atoms with Gasteiger partial charge in [0.25, 0.3) is 0 Å². The van der Waals surface area contributed by atoms with E-state index in [4.69, 9.17) is 0 Å². The van der Waals surface area contributed by atoms with Crippen LogP contribution in [0.5, 0.6) is 0 Å². The van der Waals surface area contributed by atoms with Crippen molar-refractivity contribution >= 4 is 33.1 Å². The maximum atomic E-state index is 4.56. The molecule has 2 saturated carbocycles. The Morgan fingerprint density at radius 2 is 1.08 bits per heavy atom. The molecule has 0 aromatic heterocycles. The zero-order chi connectivity index (χ0) is 58.6. The van der Waals surface area contributed by atoms with E-state index in [1.54, 1.807) is 6.08 Å². The van der Waals surface area contributed by atoms with Crippen molar-refractivity contribution in [3.8, 4) is 0 Å². The Morgan fingerprint density at radius 3 is 1.60 bits per heavy atom. The number of rotatable bonds is 33. The largest absolute Gasteiger partial charge is 0.389 e. The second-order valence-corrected chi connectivity index (χ2v) is 25.0. The van der Waals surface area contributed by atoms with Crippen LogP contribution >= 0.6 is 0 Å². The molecular formula is C76H128N2. The van der Waals surface area contributed by atoms with E-state index in [1.165, 1.54) is 217 Å². The SMILES string of the molecule is C=C(C)NC1CCC(CCCCCC(=C)C(C)(C)CCCC)C1C.C=C(CCCCCC1CCC(C)C1C)NCCCCCCCCC(=C)c1ccc2c3c(ccc(C(=C)C)c13)C(=C)CC2=C.C=CC.CC.CCCCCC. The molecule has 6 atom stereocenters. The molecule has 3 aliphatic carbocycles. The fraction of sp³-hybridized carbons (Fsp3) is 0.658. The summed E-state index contributed by atoms with van der Waals surface area (Å²) in [6.45, 7) is 63.6. The van der Waals surface area contributed by atoms with E-state index in [9.17, 15) is 0 Å². The van der Waals surface area contributed by atoms with E-state index in [-0.39, 0.29) is 0 Å². The van der Waals surface area contributed by atoms with Crippen LogP contribution in [0, 0.1) is 35.0 Å². The summed E-state index contributed by atoms with van der Waals surface area (Å²) in [5.74, 6) is 4.56. The summed E-state index contributed by atoms with van der Waals surface area (Å²) in [5.41, 5.74) is 13.8. The van der Waals surface area contributed by atoms with E-state index in [1.807, 2.05) is 20.8 Å². The number of allylic oxidation sites excluding steroid dienone is 8. The third-order valence-electron chi connectivity index (χ3n) is 17.9. The molecule has 2 nitrogen and oxygen atoms in total. The lowest BCUT2D eigenvalue weighted by Crippen LogP contribution is -2.31. The maximum Gasteiger partial charge on any atom is 0.0286 e. The molecule has 0 amide bonds. The van der Waals surface area contributed by atoms with Crippen LogP contribution in [0.2, 0.25) is 0 Å². The second-order valence-electron chi connectivity index (χ2n) is 25.0. The van der Waals surface area contributed by atoms with Crippen LogP contribution in [0.3, 0.4) is 0 Å². The molecule has 2 N–H and O–H groups in total. The normalized spacial score (nSPS) is 19.2.